The van der Waals surface area contributed by atoms with E-state index in [0.29, 0.717) is 0 Å². The van der Waals surface area contributed by atoms with Crippen LogP contribution in [0.5, 0.6) is 0 Å². The van der Waals surface area contributed by atoms with Crippen molar-refractivity contribution in [3.63, 3.8) is 0 Å². The molecule has 1 heteroatoms. The van der Waals surface area contributed by atoms with E-state index in [4.69, 9.17) is 0 Å². The highest BCUT2D eigenvalue weighted by Gasteiger charge is 2.14. The van der Waals surface area contributed by atoms with Gasteiger partial charge in [-0.2, -0.15) is 0 Å². The van der Waals surface area contributed by atoms with Gasteiger partial charge in [0.05, 0.1) is 0 Å². The van der Waals surface area contributed by atoms with Crippen molar-refractivity contribution in [1.29, 1.82) is 0 Å². The highest BCUT2D eigenvalue weighted by Crippen LogP contribution is 2.35. The molecule has 1 heterocycles. The monoisotopic (exact) mass is 184 g/mol. The SMILES string of the molecule is CCCCC(CC)C1=CCCS1. The molecule has 0 fully saturated rings. The summed E-state index contributed by atoms with van der Waals surface area (Å²) < 4.78 is 0. The zero-order chi connectivity index (χ0) is 8.81. The van der Waals surface area contributed by atoms with Gasteiger partial charge in [-0.1, -0.05) is 32.8 Å². The highest BCUT2D eigenvalue weighted by molar-refractivity contribution is 8.03. The van der Waals surface area contributed by atoms with Crippen LogP contribution >= 0.6 is 11.8 Å². The van der Waals surface area contributed by atoms with Crippen molar-refractivity contribution in [2.24, 2.45) is 5.92 Å². The van der Waals surface area contributed by atoms with Gasteiger partial charge in [-0.05, 0) is 30.1 Å². The van der Waals surface area contributed by atoms with E-state index in [0.717, 1.165) is 5.92 Å². The van der Waals surface area contributed by atoms with Crippen molar-refractivity contribution < 1.29 is 0 Å². The van der Waals surface area contributed by atoms with Crippen LogP contribution < -0.4 is 0 Å². The van der Waals surface area contributed by atoms with Crippen molar-refractivity contribution in [2.45, 2.75) is 46.0 Å². The van der Waals surface area contributed by atoms with Crippen LogP contribution in [0.25, 0.3) is 0 Å². The number of allylic oxidation sites excluding steroid dienone is 2. The van der Waals surface area contributed by atoms with Crippen LogP contribution in [0, 0.1) is 5.92 Å². The van der Waals surface area contributed by atoms with Crippen LogP contribution in [0.3, 0.4) is 0 Å². The van der Waals surface area contributed by atoms with E-state index >= 15 is 0 Å². The summed E-state index contributed by atoms with van der Waals surface area (Å²) in [6, 6.07) is 0. The van der Waals surface area contributed by atoms with Gasteiger partial charge in [-0.25, -0.2) is 0 Å². The number of hydrogen-bond acceptors (Lipinski definition) is 1. The Morgan fingerprint density at radius 1 is 1.50 bits per heavy atom. The molecule has 1 aliphatic heterocycles. The highest BCUT2D eigenvalue weighted by atomic mass is 32.2. The van der Waals surface area contributed by atoms with E-state index in [1.165, 1.54) is 37.9 Å². The molecule has 0 aliphatic carbocycles. The van der Waals surface area contributed by atoms with E-state index in [1.54, 1.807) is 4.91 Å². The summed E-state index contributed by atoms with van der Waals surface area (Å²) in [5.41, 5.74) is 0. The molecule has 0 nitrogen and oxygen atoms in total. The number of unbranched alkanes of at least 4 members (excludes halogenated alkanes) is 1. The molecule has 1 unspecified atom stereocenters. The van der Waals surface area contributed by atoms with Gasteiger partial charge in [-0.15, -0.1) is 11.8 Å². The molecule has 0 saturated heterocycles. The molecule has 1 rings (SSSR count). The van der Waals surface area contributed by atoms with E-state index in [9.17, 15) is 0 Å². The molecular formula is C11H20S. The minimum Gasteiger partial charge on any atom is -0.130 e. The Morgan fingerprint density at radius 3 is 2.83 bits per heavy atom. The molecule has 1 atom stereocenters. The summed E-state index contributed by atoms with van der Waals surface area (Å²) in [6.07, 6.45) is 9.24. The van der Waals surface area contributed by atoms with Crippen LogP contribution in [-0.2, 0) is 0 Å². The van der Waals surface area contributed by atoms with Crippen molar-refractivity contribution in [3.8, 4) is 0 Å². The Labute approximate surface area is 80.8 Å². The fraction of sp³-hybridized carbons (Fsp3) is 0.818. The Kier molecular flexibility index (Phi) is 4.82. The summed E-state index contributed by atoms with van der Waals surface area (Å²) in [7, 11) is 0. The van der Waals surface area contributed by atoms with Crippen LogP contribution in [0.1, 0.15) is 46.0 Å². The third kappa shape index (κ3) is 2.85. The molecule has 0 saturated carbocycles. The minimum absolute atomic E-state index is 0.887. The predicted molar refractivity (Wildman–Crippen MR) is 58.5 cm³/mol. The lowest BCUT2D eigenvalue weighted by Crippen LogP contribution is -1.98. The molecule has 70 valence electrons. The number of rotatable bonds is 5. The van der Waals surface area contributed by atoms with Crippen LogP contribution in [0.2, 0.25) is 0 Å². The second-order valence-corrected chi connectivity index (χ2v) is 4.66. The molecule has 0 radical (unpaired) electrons. The average Bonchev–Trinajstić information content (AvgIpc) is 2.59. The quantitative estimate of drug-likeness (QED) is 0.616. The summed E-state index contributed by atoms with van der Waals surface area (Å²) in [4.78, 5) is 1.69. The second-order valence-electron chi connectivity index (χ2n) is 3.49. The summed E-state index contributed by atoms with van der Waals surface area (Å²) >= 11 is 2.09. The van der Waals surface area contributed by atoms with Crippen LogP contribution in [0.15, 0.2) is 11.0 Å². The first-order valence-corrected chi connectivity index (χ1v) is 6.19. The maximum Gasteiger partial charge on any atom is 0.00118 e. The third-order valence-corrected chi connectivity index (χ3v) is 3.81. The first-order chi connectivity index (χ1) is 5.88. The predicted octanol–water partition coefficient (Wildman–Crippen LogP) is 4.22. The molecule has 0 aromatic heterocycles. The molecule has 0 amide bonds. The normalized spacial score (nSPS) is 19.3. The Bertz CT molecular complexity index is 149. The average molecular weight is 184 g/mol. The van der Waals surface area contributed by atoms with Crippen LogP contribution in [0.4, 0.5) is 0 Å². The number of thioether (sulfide) groups is 1. The fourth-order valence-electron chi connectivity index (χ4n) is 1.72. The van der Waals surface area contributed by atoms with Crippen LogP contribution in [-0.4, -0.2) is 5.75 Å². The Hall–Kier alpha value is 0.0900. The fourth-order valence-corrected chi connectivity index (χ4v) is 2.95. The molecule has 0 bridgehead atoms. The molecule has 0 aromatic carbocycles. The first kappa shape index (κ1) is 10.2. The summed E-state index contributed by atoms with van der Waals surface area (Å²) in [5, 5.41) is 0. The van der Waals surface area contributed by atoms with Gasteiger partial charge in [0.15, 0.2) is 0 Å². The number of hydrogen-bond donors (Lipinski definition) is 0. The molecule has 0 spiro atoms. The molecule has 12 heavy (non-hydrogen) atoms. The second kappa shape index (κ2) is 5.69. The van der Waals surface area contributed by atoms with Crippen molar-refractivity contribution in [1.82, 2.24) is 0 Å². The lowest BCUT2D eigenvalue weighted by atomic mass is 9.98. The Morgan fingerprint density at radius 2 is 2.33 bits per heavy atom. The maximum absolute atomic E-state index is 2.45. The standard InChI is InChI=1S/C11H20S/c1-3-5-7-10(4-2)11-8-6-9-12-11/h8,10H,3-7,9H2,1-2H3. The van der Waals surface area contributed by atoms with E-state index < -0.39 is 0 Å². The van der Waals surface area contributed by atoms with Gasteiger partial charge < -0.3 is 0 Å². The topological polar surface area (TPSA) is 0 Å². The van der Waals surface area contributed by atoms with Gasteiger partial charge in [0.1, 0.15) is 0 Å². The van der Waals surface area contributed by atoms with Crippen molar-refractivity contribution >= 4 is 11.8 Å². The van der Waals surface area contributed by atoms with Crippen molar-refractivity contribution in [2.75, 3.05) is 5.75 Å². The zero-order valence-electron chi connectivity index (χ0n) is 8.31. The largest absolute Gasteiger partial charge is 0.130 e. The van der Waals surface area contributed by atoms with Crippen molar-refractivity contribution in [3.05, 3.63) is 11.0 Å². The molecular weight excluding hydrogens is 164 g/mol. The van der Waals surface area contributed by atoms with E-state index in [1.807, 2.05) is 0 Å². The zero-order valence-corrected chi connectivity index (χ0v) is 9.12. The van der Waals surface area contributed by atoms with Gasteiger partial charge in [0.25, 0.3) is 0 Å². The molecule has 1 aliphatic rings. The maximum atomic E-state index is 2.45. The third-order valence-electron chi connectivity index (χ3n) is 2.53. The van der Waals surface area contributed by atoms with Gasteiger partial charge in [0, 0.05) is 5.75 Å². The van der Waals surface area contributed by atoms with E-state index in [-0.39, 0.29) is 0 Å². The first-order valence-electron chi connectivity index (χ1n) is 5.21. The minimum atomic E-state index is 0.887. The van der Waals surface area contributed by atoms with Gasteiger partial charge >= 0.3 is 0 Å². The Balaban J connectivity index is 2.33. The molecule has 0 N–H and O–H groups in total. The van der Waals surface area contributed by atoms with Gasteiger partial charge in [-0.3, -0.25) is 0 Å². The summed E-state index contributed by atoms with van der Waals surface area (Å²) in [5.74, 6) is 2.22. The summed E-state index contributed by atoms with van der Waals surface area (Å²) in [6.45, 7) is 4.60. The molecule has 0 aromatic rings. The lowest BCUT2D eigenvalue weighted by Gasteiger charge is -2.14. The smallest absolute Gasteiger partial charge is 0.00118 e. The van der Waals surface area contributed by atoms with E-state index in [2.05, 4.69) is 31.7 Å². The lowest BCUT2D eigenvalue weighted by molar-refractivity contribution is 0.533. The van der Waals surface area contributed by atoms with Gasteiger partial charge in [0.2, 0.25) is 0 Å².